The molecule has 35 heavy (non-hydrogen) atoms. The van der Waals surface area contributed by atoms with Gasteiger partial charge in [0.05, 0.1) is 30.1 Å². The molecule has 0 spiro atoms. The van der Waals surface area contributed by atoms with E-state index >= 15 is 0 Å². The number of hydrogen-bond donors (Lipinski definition) is 4. The fraction of sp³-hybridized carbons (Fsp3) is 0.476. The Hall–Kier alpha value is -3.84. The summed E-state index contributed by atoms with van der Waals surface area (Å²) in [7, 11) is 0. The van der Waals surface area contributed by atoms with Crippen LogP contribution in [-0.4, -0.2) is 77.1 Å². The predicted molar refractivity (Wildman–Crippen MR) is 118 cm³/mol. The Kier molecular flexibility index (Phi) is 11.0. The number of anilines is 1. The number of amides is 2. The van der Waals surface area contributed by atoms with Crippen LogP contribution in [0, 0.1) is 5.41 Å². The number of hydrogen-bond acceptors (Lipinski definition) is 6. The molecule has 1 aromatic carbocycles. The number of likely N-dealkylation sites (N-methyl/N-ethyl adjacent to an activating group) is 1. The Morgan fingerprint density at radius 1 is 1.17 bits per heavy atom. The Balaban J connectivity index is 0.000000762. The quantitative estimate of drug-likeness (QED) is 0.213. The first-order valence-electron chi connectivity index (χ1n) is 10.5. The van der Waals surface area contributed by atoms with Crippen molar-refractivity contribution in [1.82, 2.24) is 4.90 Å². The van der Waals surface area contributed by atoms with Gasteiger partial charge in [0.2, 0.25) is 5.91 Å². The summed E-state index contributed by atoms with van der Waals surface area (Å²) in [6.07, 6.45) is -3.35. The molecule has 0 atom stereocenters. The smallest absolute Gasteiger partial charge is 0.490 e. The summed E-state index contributed by atoms with van der Waals surface area (Å²) in [5.41, 5.74) is 6.14. The number of ether oxygens (including phenoxy) is 1. The maximum atomic E-state index is 12.9. The van der Waals surface area contributed by atoms with Gasteiger partial charge in [-0.1, -0.05) is 0 Å². The summed E-state index contributed by atoms with van der Waals surface area (Å²) in [5, 5.41) is 23.2. The highest BCUT2D eigenvalue weighted by Gasteiger charge is 2.38. The van der Waals surface area contributed by atoms with E-state index in [1.54, 1.807) is 18.2 Å². The number of alkyl halides is 3. The van der Waals surface area contributed by atoms with Gasteiger partial charge in [-0.2, -0.15) is 13.2 Å². The number of rotatable bonds is 10. The lowest BCUT2D eigenvalue weighted by molar-refractivity contribution is -0.192. The maximum Gasteiger partial charge on any atom is 0.490 e. The molecule has 2 rings (SSSR count). The number of carboxylic acids is 2. The minimum atomic E-state index is -5.08. The molecule has 1 aromatic rings. The van der Waals surface area contributed by atoms with Gasteiger partial charge in [-0.25, -0.2) is 4.79 Å². The van der Waals surface area contributed by atoms with Crippen LogP contribution in [0.1, 0.15) is 43.0 Å². The van der Waals surface area contributed by atoms with Crippen LogP contribution in [0.2, 0.25) is 0 Å². The second kappa shape index (κ2) is 13.2. The third-order valence-electron chi connectivity index (χ3n) is 4.67. The fourth-order valence-electron chi connectivity index (χ4n) is 3.00. The molecule has 1 aliphatic rings. The van der Waals surface area contributed by atoms with Gasteiger partial charge in [-0.15, -0.1) is 0 Å². The fourth-order valence-corrected chi connectivity index (χ4v) is 3.00. The van der Waals surface area contributed by atoms with Crippen molar-refractivity contribution >= 4 is 35.3 Å². The van der Waals surface area contributed by atoms with Crippen LogP contribution in [-0.2, 0) is 14.4 Å². The number of fused-ring (bicyclic) bond motifs is 1. The van der Waals surface area contributed by atoms with Gasteiger partial charge in [-0.3, -0.25) is 19.8 Å². The largest absolute Gasteiger partial charge is 0.494 e. The molecule has 0 aliphatic carbocycles. The van der Waals surface area contributed by atoms with Gasteiger partial charge in [-0.05, 0) is 38.0 Å². The number of amidine groups is 1. The van der Waals surface area contributed by atoms with Crippen molar-refractivity contribution in [2.75, 3.05) is 31.1 Å². The number of carboxylic acid groups (broad SMARTS) is 2. The van der Waals surface area contributed by atoms with Crippen LogP contribution in [0.3, 0.4) is 0 Å². The minimum Gasteiger partial charge on any atom is -0.494 e. The third kappa shape index (κ3) is 9.51. The zero-order chi connectivity index (χ0) is 26.8. The third-order valence-corrected chi connectivity index (χ3v) is 4.67. The van der Waals surface area contributed by atoms with Gasteiger partial charge in [0, 0.05) is 19.5 Å². The van der Waals surface area contributed by atoms with E-state index in [1.165, 1.54) is 9.80 Å². The van der Waals surface area contributed by atoms with Crippen molar-refractivity contribution in [1.29, 1.82) is 5.41 Å². The average molecular weight is 504 g/mol. The molecule has 1 aliphatic heterocycles. The lowest BCUT2D eigenvalue weighted by Gasteiger charge is -2.21. The standard InChI is InChI=1S/C19H26N4O5.C2HF3O2/c1-2-23-15-7-6-13(28-10-4-3-5-16(20)21)11-14(15)19(27)22(12-17(23)24)9-8-18(25)26;3-2(4,5)1(6)7/h6-7,11H,2-5,8-10,12H2,1H3,(H3,20,21)(H,25,26);(H,6,7). The normalized spacial score (nSPS) is 13.4. The van der Waals surface area contributed by atoms with Crippen LogP contribution in [0.15, 0.2) is 18.2 Å². The molecule has 11 nitrogen and oxygen atoms in total. The zero-order valence-electron chi connectivity index (χ0n) is 18.9. The molecule has 194 valence electrons. The summed E-state index contributed by atoms with van der Waals surface area (Å²) >= 11 is 0. The molecular weight excluding hydrogens is 477 g/mol. The Morgan fingerprint density at radius 2 is 1.80 bits per heavy atom. The summed E-state index contributed by atoms with van der Waals surface area (Å²) in [5.74, 6) is -3.78. The molecule has 5 N–H and O–H groups in total. The van der Waals surface area contributed by atoms with Crippen LogP contribution >= 0.6 is 0 Å². The number of aliphatic carboxylic acids is 2. The van der Waals surface area contributed by atoms with Crippen LogP contribution in [0.4, 0.5) is 18.9 Å². The molecule has 0 bridgehead atoms. The van der Waals surface area contributed by atoms with E-state index in [4.69, 9.17) is 30.9 Å². The molecular formula is C21H27F3N4O7. The topological polar surface area (TPSA) is 174 Å². The highest BCUT2D eigenvalue weighted by Crippen LogP contribution is 2.29. The second-order valence-corrected chi connectivity index (χ2v) is 7.32. The van der Waals surface area contributed by atoms with Gasteiger partial charge in [0.15, 0.2) is 0 Å². The summed E-state index contributed by atoms with van der Waals surface area (Å²) < 4.78 is 37.4. The molecule has 0 fully saturated rings. The number of nitrogens with zero attached hydrogens (tertiary/aromatic N) is 2. The molecule has 0 saturated heterocycles. The lowest BCUT2D eigenvalue weighted by Crippen LogP contribution is -2.40. The summed E-state index contributed by atoms with van der Waals surface area (Å²) in [6, 6.07) is 4.98. The van der Waals surface area contributed by atoms with Gasteiger partial charge in [0.1, 0.15) is 12.3 Å². The highest BCUT2D eigenvalue weighted by molar-refractivity contribution is 6.09. The molecule has 14 heteroatoms. The number of nitrogens with two attached hydrogens (primary N) is 1. The van der Waals surface area contributed by atoms with E-state index < -0.39 is 18.1 Å². The first-order valence-corrected chi connectivity index (χ1v) is 10.5. The van der Waals surface area contributed by atoms with Crippen LogP contribution in [0.25, 0.3) is 0 Å². The van der Waals surface area contributed by atoms with E-state index in [0.717, 1.165) is 12.8 Å². The Bertz CT molecular complexity index is 953. The second-order valence-electron chi connectivity index (χ2n) is 7.32. The van der Waals surface area contributed by atoms with Crippen molar-refractivity contribution in [3.8, 4) is 5.75 Å². The van der Waals surface area contributed by atoms with Gasteiger partial charge < -0.3 is 30.5 Å². The molecule has 0 unspecified atom stereocenters. The van der Waals surface area contributed by atoms with E-state index in [0.29, 0.717) is 36.6 Å². The summed E-state index contributed by atoms with van der Waals surface area (Å²) in [6.45, 7) is 2.44. The van der Waals surface area contributed by atoms with E-state index in [-0.39, 0.29) is 37.2 Å². The van der Waals surface area contributed by atoms with Gasteiger partial charge in [0.25, 0.3) is 5.91 Å². The number of carbonyl (C=O) groups excluding carboxylic acids is 2. The first-order chi connectivity index (χ1) is 16.3. The van der Waals surface area contributed by atoms with Gasteiger partial charge >= 0.3 is 18.1 Å². The number of benzene rings is 1. The van der Waals surface area contributed by atoms with E-state index in [1.807, 2.05) is 6.92 Å². The van der Waals surface area contributed by atoms with E-state index in [9.17, 15) is 27.6 Å². The van der Waals surface area contributed by atoms with E-state index in [2.05, 4.69) is 0 Å². The monoisotopic (exact) mass is 504 g/mol. The number of nitrogens with one attached hydrogen (secondary N) is 1. The summed E-state index contributed by atoms with van der Waals surface area (Å²) in [4.78, 5) is 48.0. The molecule has 2 amide bonds. The molecule has 0 saturated carbocycles. The molecule has 0 aromatic heterocycles. The number of halogens is 3. The lowest BCUT2D eigenvalue weighted by atomic mass is 10.1. The molecule has 0 radical (unpaired) electrons. The Morgan fingerprint density at radius 3 is 2.31 bits per heavy atom. The average Bonchev–Trinajstić information content (AvgIpc) is 2.85. The number of unbranched alkanes of at least 4 members (excludes halogenated alkanes) is 1. The minimum absolute atomic E-state index is 0.0347. The maximum absolute atomic E-state index is 12.9. The van der Waals surface area contributed by atoms with Crippen molar-refractivity contribution in [2.45, 2.75) is 38.8 Å². The SMILES string of the molecule is CCN1C(=O)CN(CCC(=O)O)C(=O)c2cc(OCCCCC(=N)N)ccc21.O=C(O)C(F)(F)F. The zero-order valence-corrected chi connectivity index (χ0v) is 18.9. The van der Waals surface area contributed by atoms with Crippen molar-refractivity contribution in [3.05, 3.63) is 23.8 Å². The van der Waals surface area contributed by atoms with Crippen molar-refractivity contribution in [3.63, 3.8) is 0 Å². The molecule has 1 heterocycles. The van der Waals surface area contributed by atoms with Crippen molar-refractivity contribution in [2.24, 2.45) is 5.73 Å². The van der Waals surface area contributed by atoms with Crippen LogP contribution in [0.5, 0.6) is 5.75 Å². The predicted octanol–water partition coefficient (Wildman–Crippen LogP) is 2.09. The van der Waals surface area contributed by atoms with Crippen LogP contribution < -0.4 is 15.4 Å². The number of carbonyl (C=O) groups is 4. The highest BCUT2D eigenvalue weighted by atomic mass is 19.4. The first kappa shape index (κ1) is 29.2. The Labute approximate surface area is 198 Å². The van der Waals surface area contributed by atoms with Crippen molar-refractivity contribution < 1.29 is 47.3 Å².